The van der Waals surface area contributed by atoms with Gasteiger partial charge in [0.1, 0.15) is 11.5 Å². The number of carbonyl (C=O) groups excluding carboxylic acids is 3. The van der Waals surface area contributed by atoms with Crippen molar-refractivity contribution in [3.05, 3.63) is 88.9 Å². The van der Waals surface area contributed by atoms with E-state index in [9.17, 15) is 14.4 Å². The molecule has 0 bridgehead atoms. The number of nitrogens with one attached hydrogen (secondary N) is 1. The fraction of sp³-hybridized carbons (Fsp3) is 0.269. The molecule has 0 saturated heterocycles. The van der Waals surface area contributed by atoms with Gasteiger partial charge in [-0.25, -0.2) is 0 Å². The molecule has 1 atom stereocenters. The summed E-state index contributed by atoms with van der Waals surface area (Å²) in [5.74, 6) is 0.395. The van der Waals surface area contributed by atoms with Gasteiger partial charge < -0.3 is 14.5 Å². The highest BCUT2D eigenvalue weighted by molar-refractivity contribution is 6.21. The van der Waals surface area contributed by atoms with Crippen LogP contribution in [0.3, 0.4) is 0 Å². The van der Waals surface area contributed by atoms with Crippen LogP contribution in [0.15, 0.2) is 65.3 Å². The minimum atomic E-state index is -0.331. The maximum atomic E-state index is 13.0. The van der Waals surface area contributed by atoms with E-state index in [0.29, 0.717) is 41.0 Å². The third kappa shape index (κ3) is 4.82. The summed E-state index contributed by atoms with van der Waals surface area (Å²) in [5.41, 5.74) is 1.84. The Kier molecular flexibility index (Phi) is 6.58. The van der Waals surface area contributed by atoms with Crippen LogP contribution in [0.1, 0.15) is 62.7 Å². The van der Waals surface area contributed by atoms with Crippen molar-refractivity contribution >= 4 is 17.7 Å². The van der Waals surface area contributed by atoms with Crippen molar-refractivity contribution in [3.8, 4) is 5.75 Å². The molecule has 1 aliphatic heterocycles. The van der Waals surface area contributed by atoms with Gasteiger partial charge in [0.15, 0.2) is 0 Å². The van der Waals surface area contributed by atoms with Crippen LogP contribution >= 0.6 is 0 Å². The number of nitrogens with zero attached hydrogens (tertiary/aromatic N) is 1. The molecule has 0 saturated carbocycles. The van der Waals surface area contributed by atoms with Crippen LogP contribution in [0.25, 0.3) is 0 Å². The van der Waals surface area contributed by atoms with E-state index in [1.165, 1.54) is 4.90 Å². The zero-order valence-electron chi connectivity index (χ0n) is 18.7. The fourth-order valence-corrected chi connectivity index (χ4v) is 3.89. The first-order valence-electron chi connectivity index (χ1n) is 11.0. The monoisotopic (exact) mass is 446 g/mol. The summed E-state index contributed by atoms with van der Waals surface area (Å²) in [5, 5.41) is 3.00. The molecular weight excluding hydrogens is 420 g/mol. The molecule has 1 aliphatic rings. The standard InChI is InChI=1S/C26H26N2O5/c1-3-32-23-13-11-18(16-28-25(30)20-8-4-5-9-21(20)26(28)31)15-22(23)24(29)27-17(2)10-12-19-7-6-14-33-19/h4-9,11,13-15,17H,3,10,12,16H2,1-2H3,(H,27,29). The molecule has 7 nitrogen and oxygen atoms in total. The number of imide groups is 1. The van der Waals surface area contributed by atoms with Crippen molar-refractivity contribution in [2.45, 2.75) is 39.3 Å². The molecule has 170 valence electrons. The third-order valence-corrected chi connectivity index (χ3v) is 5.59. The van der Waals surface area contributed by atoms with E-state index in [1.807, 2.05) is 26.0 Å². The number of hydrogen-bond donors (Lipinski definition) is 1. The molecule has 7 heteroatoms. The van der Waals surface area contributed by atoms with E-state index in [1.54, 1.807) is 48.7 Å². The molecule has 0 radical (unpaired) electrons. The molecule has 3 amide bonds. The molecule has 1 unspecified atom stereocenters. The van der Waals surface area contributed by atoms with Gasteiger partial charge in [-0.15, -0.1) is 0 Å². The Balaban J connectivity index is 1.49. The lowest BCUT2D eigenvalue weighted by atomic mass is 10.1. The zero-order chi connectivity index (χ0) is 23.4. The lowest BCUT2D eigenvalue weighted by Gasteiger charge is -2.18. The van der Waals surface area contributed by atoms with Crippen molar-refractivity contribution in [3.63, 3.8) is 0 Å². The Labute approximate surface area is 192 Å². The second kappa shape index (κ2) is 9.73. The Morgan fingerprint density at radius 1 is 1.06 bits per heavy atom. The van der Waals surface area contributed by atoms with Gasteiger partial charge in [-0.3, -0.25) is 19.3 Å². The lowest BCUT2D eigenvalue weighted by molar-refractivity contribution is 0.0642. The highest BCUT2D eigenvalue weighted by Crippen LogP contribution is 2.26. The number of furan rings is 1. The van der Waals surface area contributed by atoms with E-state index in [-0.39, 0.29) is 30.3 Å². The molecule has 3 aromatic rings. The van der Waals surface area contributed by atoms with Crippen LogP contribution in [0.2, 0.25) is 0 Å². The highest BCUT2D eigenvalue weighted by atomic mass is 16.5. The van der Waals surface area contributed by atoms with Crippen molar-refractivity contribution in [2.24, 2.45) is 0 Å². The van der Waals surface area contributed by atoms with Gasteiger partial charge in [0.2, 0.25) is 0 Å². The summed E-state index contributed by atoms with van der Waals surface area (Å²) in [7, 11) is 0. The summed E-state index contributed by atoms with van der Waals surface area (Å²) in [6.45, 7) is 4.27. The van der Waals surface area contributed by atoms with E-state index >= 15 is 0 Å². The minimum absolute atomic E-state index is 0.0765. The Hall–Kier alpha value is -3.87. The smallest absolute Gasteiger partial charge is 0.261 e. The summed E-state index contributed by atoms with van der Waals surface area (Å²) >= 11 is 0. The van der Waals surface area contributed by atoms with Crippen LogP contribution in [0, 0.1) is 0 Å². The first-order chi connectivity index (χ1) is 16.0. The number of fused-ring (bicyclic) bond motifs is 1. The number of amides is 3. The molecule has 2 heterocycles. The van der Waals surface area contributed by atoms with E-state index in [0.717, 1.165) is 12.2 Å². The first kappa shape index (κ1) is 22.3. The van der Waals surface area contributed by atoms with Gasteiger partial charge in [-0.05, 0) is 62.2 Å². The molecule has 1 N–H and O–H groups in total. The van der Waals surface area contributed by atoms with Crippen molar-refractivity contribution in [1.29, 1.82) is 0 Å². The molecule has 0 fully saturated rings. The number of hydrogen-bond acceptors (Lipinski definition) is 5. The molecule has 33 heavy (non-hydrogen) atoms. The fourth-order valence-electron chi connectivity index (χ4n) is 3.89. The first-order valence-corrected chi connectivity index (χ1v) is 11.0. The maximum Gasteiger partial charge on any atom is 0.261 e. The zero-order valence-corrected chi connectivity index (χ0v) is 18.7. The molecule has 2 aromatic carbocycles. The molecule has 0 aliphatic carbocycles. The van der Waals surface area contributed by atoms with Crippen molar-refractivity contribution < 1.29 is 23.5 Å². The van der Waals surface area contributed by atoms with Crippen LogP contribution in [-0.2, 0) is 13.0 Å². The predicted octanol–water partition coefficient (Wildman–Crippen LogP) is 4.23. The summed E-state index contributed by atoms with van der Waals surface area (Å²) < 4.78 is 11.0. The van der Waals surface area contributed by atoms with Gasteiger partial charge in [0, 0.05) is 12.5 Å². The number of ether oxygens (including phenoxy) is 1. The van der Waals surface area contributed by atoms with E-state index < -0.39 is 0 Å². The highest BCUT2D eigenvalue weighted by Gasteiger charge is 2.35. The van der Waals surface area contributed by atoms with Gasteiger partial charge in [0.25, 0.3) is 17.7 Å². The summed E-state index contributed by atoms with van der Waals surface area (Å²) in [4.78, 5) is 39.7. The number of rotatable bonds is 9. The van der Waals surface area contributed by atoms with Crippen LogP contribution in [0.4, 0.5) is 0 Å². The second-order valence-electron chi connectivity index (χ2n) is 8.00. The van der Waals surface area contributed by atoms with Gasteiger partial charge in [-0.2, -0.15) is 0 Å². The average molecular weight is 447 g/mol. The molecule has 1 aromatic heterocycles. The Morgan fingerprint density at radius 3 is 2.42 bits per heavy atom. The quantitative estimate of drug-likeness (QED) is 0.497. The lowest BCUT2D eigenvalue weighted by Crippen LogP contribution is -2.33. The van der Waals surface area contributed by atoms with Crippen molar-refractivity contribution in [1.82, 2.24) is 10.2 Å². The summed E-state index contributed by atoms with van der Waals surface area (Å²) in [6.07, 6.45) is 3.07. The van der Waals surface area contributed by atoms with E-state index in [2.05, 4.69) is 5.32 Å². The van der Waals surface area contributed by atoms with Crippen molar-refractivity contribution in [2.75, 3.05) is 6.61 Å². The van der Waals surface area contributed by atoms with Crippen LogP contribution in [0.5, 0.6) is 5.75 Å². The van der Waals surface area contributed by atoms with Crippen LogP contribution in [-0.4, -0.2) is 35.3 Å². The Bertz CT molecular complexity index is 1130. The van der Waals surface area contributed by atoms with Gasteiger partial charge >= 0.3 is 0 Å². The Morgan fingerprint density at radius 2 is 1.79 bits per heavy atom. The SMILES string of the molecule is CCOc1ccc(CN2C(=O)c3ccccc3C2=O)cc1C(=O)NC(C)CCc1ccco1. The van der Waals surface area contributed by atoms with Gasteiger partial charge in [0.05, 0.1) is 36.1 Å². The minimum Gasteiger partial charge on any atom is -0.493 e. The maximum absolute atomic E-state index is 13.0. The number of aryl methyl sites for hydroxylation is 1. The van der Waals surface area contributed by atoms with Crippen LogP contribution < -0.4 is 10.1 Å². The molecule has 0 spiro atoms. The predicted molar refractivity (Wildman–Crippen MR) is 122 cm³/mol. The second-order valence-corrected chi connectivity index (χ2v) is 8.00. The topological polar surface area (TPSA) is 88.8 Å². The number of benzene rings is 2. The largest absolute Gasteiger partial charge is 0.493 e. The van der Waals surface area contributed by atoms with E-state index in [4.69, 9.17) is 9.15 Å². The summed E-state index contributed by atoms with van der Waals surface area (Å²) in [6, 6.07) is 15.6. The normalized spacial score (nSPS) is 13.7. The molecule has 4 rings (SSSR count). The average Bonchev–Trinajstić information content (AvgIpc) is 3.42. The third-order valence-electron chi connectivity index (χ3n) is 5.59. The molecular formula is C26H26N2O5. The van der Waals surface area contributed by atoms with Gasteiger partial charge in [-0.1, -0.05) is 18.2 Å². The number of carbonyl (C=O) groups is 3.